The van der Waals surface area contributed by atoms with Crippen molar-refractivity contribution in [3.05, 3.63) is 68.6 Å². The Morgan fingerprint density at radius 2 is 0.900 bits per heavy atom. The van der Waals surface area contributed by atoms with Crippen LogP contribution in [0.25, 0.3) is 0 Å². The highest BCUT2D eigenvalue weighted by Gasteiger charge is 2.26. The van der Waals surface area contributed by atoms with Crippen molar-refractivity contribution >= 4 is 17.9 Å². The number of hydrogen-bond acceptors (Lipinski definition) is 8. The van der Waals surface area contributed by atoms with Crippen LogP contribution in [0, 0.1) is 5.41 Å². The molecule has 1 rings (SSSR count). The summed E-state index contributed by atoms with van der Waals surface area (Å²) in [5.74, 6) is -2.94. The first-order valence-electron chi connectivity index (χ1n) is 7.90. The van der Waals surface area contributed by atoms with E-state index >= 15 is 0 Å². The number of aliphatic carboxylic acids is 3. The predicted molar refractivity (Wildman–Crippen MR) is 109 cm³/mol. The average molecular weight is 431 g/mol. The average Bonchev–Trinajstić information content (AvgIpc) is 2.78. The van der Waals surface area contributed by atoms with Crippen molar-refractivity contribution in [3.8, 4) is 0 Å². The Hall–Kier alpha value is -3.38. The fraction of sp³-hybridized carbons (Fsp3) is 0.263. The van der Waals surface area contributed by atoms with Gasteiger partial charge in [0.2, 0.25) is 0 Å². The van der Waals surface area contributed by atoms with Gasteiger partial charge in [0.25, 0.3) is 0 Å². The first-order chi connectivity index (χ1) is 14.1. The van der Waals surface area contributed by atoms with E-state index in [2.05, 4.69) is 24.7 Å². The molecule has 0 radical (unpaired) electrons. The third-order valence-electron chi connectivity index (χ3n) is 2.43. The Balaban J connectivity index is -0.000000144. The molecule has 0 aliphatic carbocycles. The van der Waals surface area contributed by atoms with E-state index in [-0.39, 0.29) is 0 Å². The van der Waals surface area contributed by atoms with Gasteiger partial charge in [0.15, 0.2) is 0 Å². The molecule has 0 spiro atoms. The number of nitrogens with zero attached hydrogens (tertiary/aromatic N) is 1. The Labute approximate surface area is 174 Å². The van der Waals surface area contributed by atoms with E-state index < -0.39 is 49.8 Å². The molecule has 0 fully saturated rings. The molecular weight excluding hydrogens is 402 g/mol. The number of aliphatic hydroxyl groups is 4. The maximum Gasteiger partial charge on any atom is 0.327 e. The molecule has 11 heteroatoms. The van der Waals surface area contributed by atoms with E-state index in [0.29, 0.717) is 0 Å². The molecule has 1 heterocycles. The molecular formula is C19H29NO10. The lowest BCUT2D eigenvalue weighted by atomic mass is 9.93. The summed E-state index contributed by atoms with van der Waals surface area (Å²) in [6, 6.07) is 5.72. The molecule has 0 aliphatic rings. The number of carboxylic acid groups (broad SMARTS) is 3. The molecule has 0 aromatic carbocycles. The molecule has 7 N–H and O–H groups in total. The maximum absolute atomic E-state index is 9.25. The van der Waals surface area contributed by atoms with Gasteiger partial charge in [-0.05, 0) is 12.1 Å². The van der Waals surface area contributed by atoms with Crippen LogP contribution in [-0.4, -0.2) is 85.1 Å². The van der Waals surface area contributed by atoms with Gasteiger partial charge in [-0.2, -0.15) is 0 Å². The fourth-order valence-electron chi connectivity index (χ4n) is 0.613. The van der Waals surface area contributed by atoms with Crippen LogP contribution in [0.1, 0.15) is 0 Å². The molecule has 11 nitrogen and oxygen atoms in total. The van der Waals surface area contributed by atoms with Crippen molar-refractivity contribution in [2.24, 2.45) is 5.41 Å². The van der Waals surface area contributed by atoms with Gasteiger partial charge in [0.1, 0.15) is 0 Å². The first-order valence-corrected chi connectivity index (χ1v) is 7.90. The molecule has 1 aromatic heterocycles. The van der Waals surface area contributed by atoms with Crippen LogP contribution in [0.15, 0.2) is 68.6 Å². The van der Waals surface area contributed by atoms with Gasteiger partial charge >= 0.3 is 17.9 Å². The molecule has 0 saturated carbocycles. The first kappa shape index (κ1) is 34.1. The minimum Gasteiger partial charge on any atom is -0.478 e. The summed E-state index contributed by atoms with van der Waals surface area (Å²) in [5.41, 5.74) is -1.11. The highest BCUT2D eigenvalue weighted by atomic mass is 16.4. The predicted octanol–water partition coefficient (Wildman–Crippen LogP) is -0.205. The summed E-state index contributed by atoms with van der Waals surface area (Å²) in [7, 11) is 0. The Kier molecular flexibility index (Phi) is 29.2. The van der Waals surface area contributed by atoms with Crippen LogP contribution in [0.4, 0.5) is 0 Å². The summed E-state index contributed by atoms with van der Waals surface area (Å²) in [6.45, 7) is 7.26. The standard InChI is InChI=1S/C5H5N.C5H12O4.3C3H4O2/c1-2-4-6-5-3-1;6-1-5(2-7,3-8)4-9;3*1-2-3(4)5/h1-5H;6-9H,1-4H2;3*2H,1H2,(H,4,5). The fourth-order valence-corrected chi connectivity index (χ4v) is 0.613. The highest BCUT2D eigenvalue weighted by molar-refractivity contribution is 5.79. The van der Waals surface area contributed by atoms with Gasteiger partial charge in [-0.1, -0.05) is 25.8 Å². The number of aromatic nitrogens is 1. The zero-order valence-corrected chi connectivity index (χ0v) is 16.4. The molecule has 0 aliphatic heterocycles. The minimum atomic E-state index is -1.11. The van der Waals surface area contributed by atoms with Crippen molar-refractivity contribution < 1.29 is 50.1 Å². The smallest absolute Gasteiger partial charge is 0.327 e. The summed E-state index contributed by atoms with van der Waals surface area (Å²) < 4.78 is 0. The molecule has 30 heavy (non-hydrogen) atoms. The highest BCUT2D eigenvalue weighted by Crippen LogP contribution is 2.11. The van der Waals surface area contributed by atoms with Gasteiger partial charge in [-0.25, -0.2) is 14.4 Å². The number of pyridine rings is 1. The monoisotopic (exact) mass is 431 g/mol. The number of aliphatic hydroxyl groups excluding tert-OH is 4. The van der Waals surface area contributed by atoms with Crippen molar-refractivity contribution in [2.45, 2.75) is 0 Å². The molecule has 170 valence electrons. The lowest BCUT2D eigenvalue weighted by Crippen LogP contribution is -2.37. The third kappa shape index (κ3) is 32.3. The third-order valence-corrected chi connectivity index (χ3v) is 2.43. The van der Waals surface area contributed by atoms with Gasteiger partial charge < -0.3 is 35.7 Å². The minimum absolute atomic E-state index is 0.406. The second-order valence-corrected chi connectivity index (χ2v) is 4.78. The number of carboxylic acids is 3. The molecule has 0 atom stereocenters. The van der Waals surface area contributed by atoms with Gasteiger partial charge in [0.05, 0.1) is 31.8 Å². The maximum atomic E-state index is 9.25. The van der Waals surface area contributed by atoms with E-state index in [1.807, 2.05) is 18.2 Å². The summed E-state index contributed by atoms with van der Waals surface area (Å²) >= 11 is 0. The second kappa shape index (κ2) is 25.6. The van der Waals surface area contributed by atoms with Crippen molar-refractivity contribution in [2.75, 3.05) is 26.4 Å². The van der Waals surface area contributed by atoms with Gasteiger partial charge in [0, 0.05) is 30.6 Å². The Bertz CT molecular complexity index is 499. The number of rotatable bonds is 7. The molecule has 0 bridgehead atoms. The van der Waals surface area contributed by atoms with Crippen LogP contribution in [-0.2, 0) is 14.4 Å². The van der Waals surface area contributed by atoms with E-state index in [4.69, 9.17) is 35.7 Å². The molecule has 0 saturated heterocycles. The molecule has 0 amide bonds. The van der Waals surface area contributed by atoms with Crippen LogP contribution >= 0.6 is 0 Å². The second-order valence-electron chi connectivity index (χ2n) is 4.78. The lowest BCUT2D eigenvalue weighted by Gasteiger charge is -2.23. The zero-order chi connectivity index (χ0) is 24.4. The van der Waals surface area contributed by atoms with Gasteiger partial charge in [-0.15, -0.1) is 0 Å². The summed E-state index contributed by atoms with van der Waals surface area (Å²) in [5, 5.41) is 56.8. The normalized spacial score (nSPS) is 8.40. The van der Waals surface area contributed by atoms with Crippen LogP contribution < -0.4 is 0 Å². The van der Waals surface area contributed by atoms with E-state index in [9.17, 15) is 14.4 Å². The van der Waals surface area contributed by atoms with Crippen LogP contribution in [0.3, 0.4) is 0 Å². The lowest BCUT2D eigenvalue weighted by molar-refractivity contribution is -0.132. The SMILES string of the molecule is C=CC(=O)O.C=CC(=O)O.C=CC(=O)O.OCC(CO)(CO)CO.c1ccncc1. The van der Waals surface area contributed by atoms with Crippen molar-refractivity contribution in [1.29, 1.82) is 0 Å². The van der Waals surface area contributed by atoms with E-state index in [0.717, 1.165) is 18.2 Å². The van der Waals surface area contributed by atoms with E-state index in [1.54, 1.807) is 12.4 Å². The Morgan fingerprint density at radius 1 is 0.667 bits per heavy atom. The Morgan fingerprint density at radius 3 is 0.933 bits per heavy atom. The number of hydrogen-bond donors (Lipinski definition) is 7. The topological polar surface area (TPSA) is 206 Å². The molecule has 1 aromatic rings. The van der Waals surface area contributed by atoms with Crippen LogP contribution in [0.5, 0.6) is 0 Å². The van der Waals surface area contributed by atoms with Crippen molar-refractivity contribution in [1.82, 2.24) is 4.98 Å². The number of carbonyl (C=O) groups is 3. The van der Waals surface area contributed by atoms with Crippen molar-refractivity contribution in [3.63, 3.8) is 0 Å². The zero-order valence-electron chi connectivity index (χ0n) is 16.4. The van der Waals surface area contributed by atoms with E-state index in [1.165, 1.54) is 0 Å². The summed E-state index contributed by atoms with van der Waals surface area (Å²) in [4.78, 5) is 31.5. The van der Waals surface area contributed by atoms with Gasteiger partial charge in [-0.3, -0.25) is 4.98 Å². The molecule has 0 unspecified atom stereocenters. The summed E-state index contributed by atoms with van der Waals surface area (Å²) in [6.07, 6.45) is 6.00. The quantitative estimate of drug-likeness (QED) is 0.281. The van der Waals surface area contributed by atoms with Crippen LogP contribution in [0.2, 0.25) is 0 Å². The largest absolute Gasteiger partial charge is 0.478 e.